The number of nitrogens with zero attached hydrogens (tertiary/aromatic N) is 2. The van der Waals surface area contributed by atoms with Gasteiger partial charge in [0.25, 0.3) is 0 Å². The molecule has 1 atom stereocenters. The van der Waals surface area contributed by atoms with Crippen LogP contribution >= 0.6 is 0 Å². The van der Waals surface area contributed by atoms with Gasteiger partial charge in [-0.15, -0.1) is 0 Å². The molecule has 2 fully saturated rings. The van der Waals surface area contributed by atoms with E-state index in [0.717, 1.165) is 44.8 Å². The summed E-state index contributed by atoms with van der Waals surface area (Å²) in [6, 6.07) is 8.37. The molecule has 0 saturated carbocycles. The predicted octanol–water partition coefficient (Wildman–Crippen LogP) is 2.94. The third-order valence-corrected chi connectivity index (χ3v) is 5.74. The van der Waals surface area contributed by atoms with E-state index >= 15 is 0 Å². The van der Waals surface area contributed by atoms with E-state index in [9.17, 15) is 9.59 Å². The van der Waals surface area contributed by atoms with Crippen molar-refractivity contribution < 1.29 is 9.59 Å². The van der Waals surface area contributed by atoms with Gasteiger partial charge in [-0.1, -0.05) is 37.6 Å². The topological polar surface area (TPSA) is 52.7 Å². The average Bonchev–Trinajstić information content (AvgIpc) is 2.85. The highest BCUT2D eigenvalue weighted by Gasteiger charge is 2.20. The summed E-state index contributed by atoms with van der Waals surface area (Å²) in [5, 5.41) is 3.02. The Morgan fingerprint density at radius 3 is 2.74 bits per heavy atom. The SMILES string of the molecule is C[C@H]1CCCN(Cc2ccccc2CNC(=O)CN2CCCCCC2=O)C1. The smallest absolute Gasteiger partial charge is 0.239 e. The van der Waals surface area contributed by atoms with E-state index in [2.05, 4.69) is 35.3 Å². The number of hydrogen-bond acceptors (Lipinski definition) is 3. The summed E-state index contributed by atoms with van der Waals surface area (Å²) in [6.07, 6.45) is 6.18. The molecule has 2 amide bonds. The Kier molecular flexibility index (Phi) is 7.27. The fourth-order valence-electron chi connectivity index (χ4n) is 4.18. The molecule has 5 heteroatoms. The van der Waals surface area contributed by atoms with Gasteiger partial charge >= 0.3 is 0 Å². The first kappa shape index (κ1) is 19.9. The van der Waals surface area contributed by atoms with E-state index in [1.54, 1.807) is 4.90 Å². The second-order valence-electron chi connectivity index (χ2n) is 8.15. The van der Waals surface area contributed by atoms with Crippen LogP contribution in [0.2, 0.25) is 0 Å². The third kappa shape index (κ3) is 6.06. The van der Waals surface area contributed by atoms with E-state index in [4.69, 9.17) is 0 Å². The molecule has 1 aromatic rings. The Balaban J connectivity index is 1.53. The van der Waals surface area contributed by atoms with Crippen molar-refractivity contribution in [2.24, 2.45) is 5.92 Å². The van der Waals surface area contributed by atoms with Crippen LogP contribution < -0.4 is 5.32 Å². The Labute approximate surface area is 163 Å². The zero-order valence-corrected chi connectivity index (χ0v) is 16.6. The molecule has 1 N–H and O–H groups in total. The van der Waals surface area contributed by atoms with Gasteiger partial charge in [0.2, 0.25) is 11.8 Å². The Morgan fingerprint density at radius 1 is 1.11 bits per heavy atom. The number of carbonyl (C=O) groups excluding carboxylic acids is 2. The summed E-state index contributed by atoms with van der Waals surface area (Å²) < 4.78 is 0. The molecule has 0 radical (unpaired) electrons. The first-order valence-corrected chi connectivity index (χ1v) is 10.5. The minimum atomic E-state index is -0.0633. The minimum Gasteiger partial charge on any atom is -0.350 e. The van der Waals surface area contributed by atoms with Gasteiger partial charge in [-0.3, -0.25) is 14.5 Å². The molecule has 2 aliphatic heterocycles. The maximum absolute atomic E-state index is 12.4. The molecule has 0 aliphatic carbocycles. The predicted molar refractivity (Wildman–Crippen MR) is 107 cm³/mol. The fraction of sp³-hybridized carbons (Fsp3) is 0.636. The van der Waals surface area contributed by atoms with Crippen molar-refractivity contribution in [2.75, 3.05) is 26.2 Å². The van der Waals surface area contributed by atoms with Gasteiger partial charge in [0.15, 0.2) is 0 Å². The lowest BCUT2D eigenvalue weighted by Crippen LogP contribution is -2.40. The highest BCUT2D eigenvalue weighted by molar-refractivity contribution is 5.84. The van der Waals surface area contributed by atoms with Gasteiger partial charge in [-0.2, -0.15) is 0 Å². The van der Waals surface area contributed by atoms with E-state index in [0.29, 0.717) is 19.5 Å². The van der Waals surface area contributed by atoms with Gasteiger partial charge < -0.3 is 10.2 Å². The standard InChI is InChI=1S/C22H33N3O2/c1-18-8-7-12-24(15-18)16-20-10-5-4-9-19(20)14-23-21(26)17-25-13-6-2-3-11-22(25)27/h4-5,9-10,18H,2-3,6-8,11-17H2,1H3,(H,23,26)/t18-/m0/s1. The number of amides is 2. The zero-order valence-electron chi connectivity index (χ0n) is 16.6. The Morgan fingerprint density at radius 2 is 1.93 bits per heavy atom. The van der Waals surface area contributed by atoms with Crippen LogP contribution in [0.1, 0.15) is 56.6 Å². The molecule has 2 saturated heterocycles. The van der Waals surface area contributed by atoms with Gasteiger partial charge in [0, 0.05) is 32.6 Å². The van der Waals surface area contributed by atoms with Gasteiger partial charge in [0.05, 0.1) is 6.54 Å². The number of nitrogens with one attached hydrogen (secondary N) is 1. The van der Waals surface area contributed by atoms with Crippen LogP contribution in [0.3, 0.4) is 0 Å². The minimum absolute atomic E-state index is 0.0633. The summed E-state index contributed by atoms with van der Waals surface area (Å²) in [6.45, 7) is 6.99. The first-order valence-electron chi connectivity index (χ1n) is 10.5. The van der Waals surface area contributed by atoms with Crippen LogP contribution in [-0.4, -0.2) is 47.8 Å². The Hall–Kier alpha value is -1.88. The van der Waals surface area contributed by atoms with Crippen molar-refractivity contribution in [1.29, 1.82) is 0 Å². The van der Waals surface area contributed by atoms with Gasteiger partial charge in [-0.25, -0.2) is 0 Å². The quantitative estimate of drug-likeness (QED) is 0.836. The monoisotopic (exact) mass is 371 g/mol. The van der Waals surface area contributed by atoms with Crippen molar-refractivity contribution in [3.05, 3.63) is 35.4 Å². The lowest BCUT2D eigenvalue weighted by atomic mass is 9.99. The molecule has 0 unspecified atom stereocenters. The summed E-state index contributed by atoms with van der Waals surface area (Å²) in [5.41, 5.74) is 2.46. The van der Waals surface area contributed by atoms with Crippen molar-refractivity contribution in [3.63, 3.8) is 0 Å². The highest BCUT2D eigenvalue weighted by Crippen LogP contribution is 2.19. The first-order chi connectivity index (χ1) is 13.1. The number of piperidine rings is 1. The molecule has 2 aliphatic rings. The maximum atomic E-state index is 12.4. The van der Waals surface area contributed by atoms with Crippen LogP contribution in [0.4, 0.5) is 0 Å². The summed E-state index contributed by atoms with van der Waals surface area (Å²) in [4.78, 5) is 28.7. The Bertz CT molecular complexity index is 646. The molecule has 1 aromatic carbocycles. The van der Waals surface area contributed by atoms with E-state index in [-0.39, 0.29) is 18.4 Å². The van der Waals surface area contributed by atoms with Crippen molar-refractivity contribution >= 4 is 11.8 Å². The molecule has 27 heavy (non-hydrogen) atoms. The van der Waals surface area contributed by atoms with Crippen LogP contribution in [0, 0.1) is 5.92 Å². The molecule has 5 nitrogen and oxygen atoms in total. The van der Waals surface area contributed by atoms with Gasteiger partial charge in [-0.05, 0) is 49.3 Å². The van der Waals surface area contributed by atoms with E-state index < -0.39 is 0 Å². The average molecular weight is 372 g/mol. The van der Waals surface area contributed by atoms with Crippen molar-refractivity contribution in [2.45, 2.75) is 58.5 Å². The van der Waals surface area contributed by atoms with Crippen molar-refractivity contribution in [3.8, 4) is 0 Å². The lowest BCUT2D eigenvalue weighted by Gasteiger charge is -2.31. The molecular weight excluding hydrogens is 338 g/mol. The van der Waals surface area contributed by atoms with Crippen LogP contribution in [-0.2, 0) is 22.7 Å². The maximum Gasteiger partial charge on any atom is 0.239 e. The number of carbonyl (C=O) groups is 2. The van der Waals surface area contributed by atoms with Crippen molar-refractivity contribution in [1.82, 2.24) is 15.1 Å². The largest absolute Gasteiger partial charge is 0.350 e. The number of benzene rings is 1. The zero-order chi connectivity index (χ0) is 19.1. The molecule has 148 valence electrons. The van der Waals surface area contributed by atoms with E-state index in [1.807, 2.05) is 6.07 Å². The second kappa shape index (κ2) is 9.88. The molecular formula is C22H33N3O2. The number of hydrogen-bond donors (Lipinski definition) is 1. The summed E-state index contributed by atoms with van der Waals surface area (Å²) in [7, 11) is 0. The highest BCUT2D eigenvalue weighted by atomic mass is 16.2. The lowest BCUT2D eigenvalue weighted by molar-refractivity contribution is -0.135. The van der Waals surface area contributed by atoms with Crippen LogP contribution in [0.5, 0.6) is 0 Å². The molecule has 0 aromatic heterocycles. The van der Waals surface area contributed by atoms with E-state index in [1.165, 1.54) is 24.0 Å². The summed E-state index contributed by atoms with van der Waals surface area (Å²) >= 11 is 0. The summed E-state index contributed by atoms with van der Waals surface area (Å²) in [5.74, 6) is 0.811. The number of likely N-dealkylation sites (tertiary alicyclic amines) is 2. The number of rotatable bonds is 6. The molecule has 0 spiro atoms. The van der Waals surface area contributed by atoms with Gasteiger partial charge in [0.1, 0.15) is 0 Å². The van der Waals surface area contributed by atoms with Crippen LogP contribution in [0.15, 0.2) is 24.3 Å². The molecule has 2 heterocycles. The second-order valence-corrected chi connectivity index (χ2v) is 8.15. The fourth-order valence-corrected chi connectivity index (χ4v) is 4.18. The molecule has 3 rings (SSSR count). The third-order valence-electron chi connectivity index (χ3n) is 5.74. The molecule has 0 bridgehead atoms. The normalized spacial score (nSPS) is 21.7. The van der Waals surface area contributed by atoms with Crippen LogP contribution in [0.25, 0.3) is 0 Å².